The van der Waals surface area contributed by atoms with Gasteiger partial charge in [-0.1, -0.05) is 0 Å². The molecule has 2 N–H and O–H groups in total. The molecule has 2 rings (SSSR count). The number of hydrogen-bond acceptors (Lipinski definition) is 1. The summed E-state index contributed by atoms with van der Waals surface area (Å²) in [4.78, 5) is 2.70. The van der Waals surface area contributed by atoms with E-state index in [4.69, 9.17) is 0 Å². The molecule has 5 heteroatoms. The van der Waals surface area contributed by atoms with Crippen LogP contribution in [-0.2, 0) is 0 Å². The highest BCUT2D eigenvalue weighted by atomic mass is 19.2. The van der Waals surface area contributed by atoms with Crippen molar-refractivity contribution >= 4 is 0 Å². The molecule has 0 aliphatic carbocycles. The van der Waals surface area contributed by atoms with Gasteiger partial charge in [0.15, 0.2) is 17.5 Å². The van der Waals surface area contributed by atoms with Crippen molar-refractivity contribution in [2.45, 2.75) is 6.10 Å². The first-order chi connectivity index (χ1) is 7.59. The van der Waals surface area contributed by atoms with Crippen LogP contribution < -0.4 is 0 Å². The van der Waals surface area contributed by atoms with Gasteiger partial charge in [0.25, 0.3) is 0 Å². The minimum Gasteiger partial charge on any atom is -0.382 e. The number of H-pyrrole nitrogens is 1. The summed E-state index contributed by atoms with van der Waals surface area (Å²) in [6, 6.07) is 4.73. The lowest BCUT2D eigenvalue weighted by Crippen LogP contribution is -2.03. The van der Waals surface area contributed by atoms with Crippen molar-refractivity contribution in [3.05, 3.63) is 59.2 Å². The Balaban J connectivity index is 2.42. The largest absolute Gasteiger partial charge is 0.382 e. The quantitative estimate of drug-likeness (QED) is 0.760. The highest BCUT2D eigenvalue weighted by Gasteiger charge is 2.17. The molecular weight excluding hydrogens is 219 g/mol. The number of aromatic nitrogens is 1. The minimum atomic E-state index is -1.54. The number of aliphatic hydroxyl groups excluding tert-OH is 1. The third kappa shape index (κ3) is 1.81. The molecule has 0 aliphatic rings. The van der Waals surface area contributed by atoms with Gasteiger partial charge >= 0.3 is 0 Å². The zero-order chi connectivity index (χ0) is 11.7. The maximum absolute atomic E-state index is 12.9. The van der Waals surface area contributed by atoms with Crippen molar-refractivity contribution in [1.29, 1.82) is 0 Å². The lowest BCUT2D eigenvalue weighted by Gasteiger charge is -2.10. The van der Waals surface area contributed by atoms with Crippen LogP contribution in [0.4, 0.5) is 13.2 Å². The van der Waals surface area contributed by atoms with Gasteiger partial charge < -0.3 is 10.1 Å². The fourth-order valence-corrected chi connectivity index (χ4v) is 1.43. The van der Waals surface area contributed by atoms with Crippen LogP contribution in [0.5, 0.6) is 0 Å². The SMILES string of the molecule is OC(c1cc(F)c(F)c(F)c1)c1ccc[nH]1. The van der Waals surface area contributed by atoms with Gasteiger partial charge in [0.1, 0.15) is 6.10 Å². The Morgan fingerprint density at radius 3 is 2.25 bits per heavy atom. The number of aromatic amines is 1. The van der Waals surface area contributed by atoms with Gasteiger partial charge in [-0.25, -0.2) is 13.2 Å². The molecule has 1 unspecified atom stereocenters. The Morgan fingerprint density at radius 2 is 1.75 bits per heavy atom. The molecule has 0 saturated heterocycles. The van der Waals surface area contributed by atoms with Crippen LogP contribution in [0.1, 0.15) is 17.4 Å². The van der Waals surface area contributed by atoms with Crippen molar-refractivity contribution in [3.8, 4) is 0 Å². The third-order valence-corrected chi connectivity index (χ3v) is 2.24. The topological polar surface area (TPSA) is 36.0 Å². The van der Waals surface area contributed by atoms with Gasteiger partial charge in [-0.05, 0) is 29.8 Å². The standard InChI is InChI=1S/C11H8F3NO/c12-7-4-6(5-8(13)10(7)14)11(16)9-2-1-3-15-9/h1-5,11,15-16H. The molecule has 2 aromatic rings. The lowest BCUT2D eigenvalue weighted by molar-refractivity contribution is 0.214. The summed E-state index contributed by atoms with van der Waals surface area (Å²) in [5, 5.41) is 9.73. The van der Waals surface area contributed by atoms with Crippen LogP contribution in [0.15, 0.2) is 30.5 Å². The summed E-state index contributed by atoms with van der Waals surface area (Å²) < 4.78 is 38.5. The average molecular weight is 227 g/mol. The molecule has 0 amide bonds. The second kappa shape index (κ2) is 4.02. The maximum atomic E-state index is 12.9. The van der Waals surface area contributed by atoms with Crippen LogP contribution >= 0.6 is 0 Å². The van der Waals surface area contributed by atoms with Gasteiger partial charge in [0.05, 0.1) is 0 Å². The second-order valence-corrected chi connectivity index (χ2v) is 3.33. The van der Waals surface area contributed by atoms with Crippen molar-refractivity contribution in [1.82, 2.24) is 4.98 Å². The van der Waals surface area contributed by atoms with E-state index in [0.717, 1.165) is 12.1 Å². The number of nitrogens with one attached hydrogen (secondary N) is 1. The minimum absolute atomic E-state index is 0.0427. The Morgan fingerprint density at radius 1 is 1.12 bits per heavy atom. The molecule has 1 aromatic carbocycles. The van der Waals surface area contributed by atoms with Crippen LogP contribution in [0.2, 0.25) is 0 Å². The molecule has 0 radical (unpaired) electrons. The lowest BCUT2D eigenvalue weighted by atomic mass is 10.1. The van der Waals surface area contributed by atoms with Crippen LogP contribution in [-0.4, -0.2) is 10.1 Å². The maximum Gasteiger partial charge on any atom is 0.194 e. The van der Waals surface area contributed by atoms with Gasteiger partial charge in [-0.2, -0.15) is 0 Å². The molecule has 1 aromatic heterocycles. The summed E-state index contributed by atoms with van der Waals surface area (Å²) in [6.45, 7) is 0. The predicted molar refractivity (Wildman–Crippen MR) is 51.2 cm³/mol. The van der Waals surface area contributed by atoms with E-state index in [2.05, 4.69) is 4.98 Å². The summed E-state index contributed by atoms with van der Waals surface area (Å²) in [5.41, 5.74) is 0.337. The molecule has 0 aliphatic heterocycles. The number of rotatable bonds is 2. The highest BCUT2D eigenvalue weighted by Crippen LogP contribution is 2.23. The molecule has 2 nitrogen and oxygen atoms in total. The first kappa shape index (κ1) is 10.8. The van der Waals surface area contributed by atoms with Crippen molar-refractivity contribution in [2.24, 2.45) is 0 Å². The van der Waals surface area contributed by atoms with Gasteiger partial charge in [-0.3, -0.25) is 0 Å². The van der Waals surface area contributed by atoms with Crippen molar-refractivity contribution in [3.63, 3.8) is 0 Å². The fourth-order valence-electron chi connectivity index (χ4n) is 1.43. The van der Waals surface area contributed by atoms with Gasteiger partial charge in [-0.15, -0.1) is 0 Å². The molecule has 84 valence electrons. The second-order valence-electron chi connectivity index (χ2n) is 3.33. The Labute approximate surface area is 89.4 Å². The fraction of sp³-hybridized carbons (Fsp3) is 0.0909. The highest BCUT2D eigenvalue weighted by molar-refractivity contribution is 5.27. The molecular formula is C11H8F3NO. The Kier molecular flexibility index (Phi) is 2.70. The number of benzene rings is 1. The molecule has 0 fully saturated rings. The normalized spacial score (nSPS) is 12.8. The van der Waals surface area contributed by atoms with Crippen LogP contribution in [0.25, 0.3) is 0 Å². The molecule has 1 heterocycles. The Bertz CT molecular complexity index is 473. The number of halogens is 3. The molecule has 0 spiro atoms. The third-order valence-electron chi connectivity index (χ3n) is 2.24. The zero-order valence-electron chi connectivity index (χ0n) is 8.05. The number of aliphatic hydroxyl groups is 1. The van der Waals surface area contributed by atoms with E-state index < -0.39 is 23.6 Å². The molecule has 0 bridgehead atoms. The van der Waals surface area contributed by atoms with Crippen molar-refractivity contribution < 1.29 is 18.3 Å². The first-order valence-corrected chi connectivity index (χ1v) is 4.55. The smallest absolute Gasteiger partial charge is 0.194 e. The van der Waals surface area contributed by atoms with E-state index in [1.807, 2.05) is 0 Å². The molecule has 0 saturated carbocycles. The summed E-state index contributed by atoms with van der Waals surface area (Å²) in [5.74, 6) is -4.18. The van der Waals surface area contributed by atoms with Crippen molar-refractivity contribution in [2.75, 3.05) is 0 Å². The van der Waals surface area contributed by atoms with E-state index in [0.29, 0.717) is 5.69 Å². The van der Waals surface area contributed by atoms with E-state index >= 15 is 0 Å². The van der Waals surface area contributed by atoms with E-state index in [1.165, 1.54) is 0 Å². The van der Waals surface area contributed by atoms with Gasteiger partial charge in [0, 0.05) is 11.9 Å². The van der Waals surface area contributed by atoms with Gasteiger partial charge in [0.2, 0.25) is 0 Å². The summed E-state index contributed by atoms with van der Waals surface area (Å²) in [6.07, 6.45) is 0.356. The Hall–Kier alpha value is -1.75. The monoisotopic (exact) mass is 227 g/mol. The molecule has 16 heavy (non-hydrogen) atoms. The number of hydrogen-bond donors (Lipinski definition) is 2. The van der Waals surface area contributed by atoms with Crippen LogP contribution in [0.3, 0.4) is 0 Å². The summed E-state index contributed by atoms with van der Waals surface area (Å²) >= 11 is 0. The summed E-state index contributed by atoms with van der Waals surface area (Å²) in [7, 11) is 0. The van der Waals surface area contributed by atoms with E-state index in [-0.39, 0.29) is 5.56 Å². The van der Waals surface area contributed by atoms with E-state index in [1.54, 1.807) is 18.3 Å². The molecule has 1 atom stereocenters. The average Bonchev–Trinajstić information content (AvgIpc) is 2.77. The predicted octanol–water partition coefficient (Wildman–Crippen LogP) is 2.51. The van der Waals surface area contributed by atoms with Crippen LogP contribution in [0, 0.1) is 17.5 Å². The van der Waals surface area contributed by atoms with E-state index in [9.17, 15) is 18.3 Å². The zero-order valence-corrected chi connectivity index (χ0v) is 8.05. The first-order valence-electron chi connectivity index (χ1n) is 4.55.